The highest BCUT2D eigenvalue weighted by atomic mass is 16.3. The number of amides is 1. The van der Waals surface area contributed by atoms with Crippen LogP contribution in [0.15, 0.2) is 6.20 Å². The largest absolute Gasteiger partial charge is 0.384 e. The van der Waals surface area contributed by atoms with Gasteiger partial charge in [0.1, 0.15) is 17.8 Å². The van der Waals surface area contributed by atoms with E-state index in [2.05, 4.69) is 20.7 Å². The van der Waals surface area contributed by atoms with Gasteiger partial charge in [0.25, 0.3) is 0 Å². The van der Waals surface area contributed by atoms with Gasteiger partial charge in [-0.1, -0.05) is 5.21 Å². The number of aromatic nitrogens is 5. The molecular weight excluding hydrogens is 272 g/mol. The SMILES string of the molecule is Cc1nn(C)c(C)c1NC(=O)Cn1cc(C(C)(C)O)nn1. The van der Waals surface area contributed by atoms with E-state index in [1.165, 1.54) is 4.68 Å². The van der Waals surface area contributed by atoms with E-state index in [0.29, 0.717) is 11.4 Å². The quantitative estimate of drug-likeness (QED) is 0.855. The molecule has 2 rings (SSSR count). The number of anilines is 1. The lowest BCUT2D eigenvalue weighted by Gasteiger charge is -2.11. The molecule has 0 bridgehead atoms. The number of hydrogen-bond acceptors (Lipinski definition) is 5. The summed E-state index contributed by atoms with van der Waals surface area (Å²) in [5.74, 6) is -0.221. The summed E-state index contributed by atoms with van der Waals surface area (Å²) in [4.78, 5) is 12.1. The second-order valence-electron chi connectivity index (χ2n) is 5.58. The fourth-order valence-electron chi connectivity index (χ4n) is 1.94. The van der Waals surface area contributed by atoms with Crippen molar-refractivity contribution in [2.45, 2.75) is 39.8 Å². The maximum Gasteiger partial charge on any atom is 0.246 e. The smallest absolute Gasteiger partial charge is 0.246 e. The fourth-order valence-corrected chi connectivity index (χ4v) is 1.94. The Labute approximate surface area is 122 Å². The van der Waals surface area contributed by atoms with E-state index in [0.717, 1.165) is 11.4 Å². The number of carbonyl (C=O) groups is 1. The van der Waals surface area contributed by atoms with Gasteiger partial charge in [0, 0.05) is 7.05 Å². The van der Waals surface area contributed by atoms with E-state index in [4.69, 9.17) is 0 Å². The molecule has 2 heterocycles. The molecule has 0 saturated heterocycles. The first-order valence-corrected chi connectivity index (χ1v) is 6.61. The molecule has 0 radical (unpaired) electrons. The summed E-state index contributed by atoms with van der Waals surface area (Å²) < 4.78 is 3.11. The number of aryl methyl sites for hydroxylation is 2. The van der Waals surface area contributed by atoms with Crippen LogP contribution in [0, 0.1) is 13.8 Å². The average Bonchev–Trinajstić information content (AvgIpc) is 2.90. The molecule has 0 spiro atoms. The van der Waals surface area contributed by atoms with Crippen molar-refractivity contribution in [2.24, 2.45) is 7.05 Å². The normalized spacial score (nSPS) is 11.7. The molecule has 0 fully saturated rings. The zero-order chi connectivity index (χ0) is 15.8. The predicted octanol–water partition coefficient (Wildman–Crippen LogP) is 0.495. The Morgan fingerprint density at radius 1 is 1.43 bits per heavy atom. The van der Waals surface area contributed by atoms with Crippen LogP contribution in [0.5, 0.6) is 0 Å². The van der Waals surface area contributed by atoms with Gasteiger partial charge in [-0.2, -0.15) is 5.10 Å². The Hall–Kier alpha value is -2.22. The maximum absolute atomic E-state index is 12.1. The lowest BCUT2D eigenvalue weighted by molar-refractivity contribution is -0.116. The van der Waals surface area contributed by atoms with Gasteiger partial charge < -0.3 is 10.4 Å². The van der Waals surface area contributed by atoms with E-state index in [-0.39, 0.29) is 12.5 Å². The average molecular weight is 292 g/mol. The molecule has 0 aliphatic heterocycles. The second kappa shape index (κ2) is 5.28. The minimum atomic E-state index is -1.08. The molecule has 1 amide bonds. The Balaban J connectivity index is 2.07. The third-order valence-corrected chi connectivity index (χ3v) is 3.24. The van der Waals surface area contributed by atoms with Gasteiger partial charge >= 0.3 is 0 Å². The molecule has 2 aromatic rings. The summed E-state index contributed by atoms with van der Waals surface area (Å²) >= 11 is 0. The van der Waals surface area contributed by atoms with Crippen LogP contribution in [-0.4, -0.2) is 35.8 Å². The van der Waals surface area contributed by atoms with Gasteiger partial charge in [0.15, 0.2) is 0 Å². The second-order valence-corrected chi connectivity index (χ2v) is 5.58. The molecule has 2 N–H and O–H groups in total. The molecule has 21 heavy (non-hydrogen) atoms. The number of aliphatic hydroxyl groups is 1. The number of rotatable bonds is 4. The fraction of sp³-hybridized carbons (Fsp3) is 0.538. The van der Waals surface area contributed by atoms with Crippen molar-refractivity contribution in [3.8, 4) is 0 Å². The summed E-state index contributed by atoms with van der Waals surface area (Å²) in [5.41, 5.74) is 1.70. The first kappa shape index (κ1) is 15.2. The Morgan fingerprint density at radius 2 is 2.10 bits per heavy atom. The first-order chi connectivity index (χ1) is 9.68. The molecule has 0 unspecified atom stereocenters. The lowest BCUT2D eigenvalue weighted by atomic mass is 10.1. The van der Waals surface area contributed by atoms with Crippen molar-refractivity contribution >= 4 is 11.6 Å². The summed E-state index contributed by atoms with van der Waals surface area (Å²) in [6.07, 6.45) is 1.56. The van der Waals surface area contributed by atoms with Crippen molar-refractivity contribution in [3.63, 3.8) is 0 Å². The van der Waals surface area contributed by atoms with Crippen molar-refractivity contribution in [1.29, 1.82) is 0 Å². The number of nitrogens with one attached hydrogen (secondary N) is 1. The lowest BCUT2D eigenvalue weighted by Crippen LogP contribution is -2.20. The molecule has 114 valence electrons. The Kier molecular flexibility index (Phi) is 3.82. The Bertz CT molecular complexity index is 665. The predicted molar refractivity (Wildman–Crippen MR) is 76.6 cm³/mol. The number of hydrogen-bond donors (Lipinski definition) is 2. The number of carbonyl (C=O) groups excluding carboxylic acids is 1. The highest BCUT2D eigenvalue weighted by molar-refractivity contribution is 5.91. The zero-order valence-corrected chi connectivity index (χ0v) is 12.9. The molecule has 0 aliphatic carbocycles. The van der Waals surface area contributed by atoms with Gasteiger partial charge in [-0.3, -0.25) is 9.48 Å². The standard InChI is InChI=1S/C13H20N6O2/c1-8-12(9(2)18(5)16-8)14-11(20)7-19-6-10(15-17-19)13(3,4)21/h6,21H,7H2,1-5H3,(H,14,20). The van der Waals surface area contributed by atoms with Crippen LogP contribution in [0.25, 0.3) is 0 Å². The number of nitrogens with zero attached hydrogens (tertiary/aromatic N) is 5. The molecule has 8 nitrogen and oxygen atoms in total. The summed E-state index contributed by atoms with van der Waals surface area (Å²) in [6.45, 7) is 6.98. The topological polar surface area (TPSA) is 97.9 Å². The monoisotopic (exact) mass is 292 g/mol. The highest BCUT2D eigenvalue weighted by Gasteiger charge is 2.21. The van der Waals surface area contributed by atoms with Crippen molar-refractivity contribution in [3.05, 3.63) is 23.3 Å². The first-order valence-electron chi connectivity index (χ1n) is 6.61. The van der Waals surface area contributed by atoms with E-state index >= 15 is 0 Å². The van der Waals surface area contributed by atoms with Crippen LogP contribution >= 0.6 is 0 Å². The summed E-state index contributed by atoms with van der Waals surface area (Å²) in [5, 5.41) is 24.6. The van der Waals surface area contributed by atoms with Crippen LogP contribution in [-0.2, 0) is 24.0 Å². The molecule has 8 heteroatoms. The van der Waals surface area contributed by atoms with Gasteiger partial charge in [0.05, 0.1) is 23.3 Å². The molecular formula is C13H20N6O2. The van der Waals surface area contributed by atoms with Gasteiger partial charge in [0.2, 0.25) is 5.91 Å². The Morgan fingerprint density at radius 3 is 2.57 bits per heavy atom. The molecule has 0 aromatic carbocycles. The summed E-state index contributed by atoms with van der Waals surface area (Å²) in [7, 11) is 1.82. The van der Waals surface area contributed by atoms with Gasteiger partial charge in [-0.05, 0) is 27.7 Å². The highest BCUT2D eigenvalue weighted by Crippen LogP contribution is 2.18. The third-order valence-electron chi connectivity index (χ3n) is 3.24. The van der Waals surface area contributed by atoms with Gasteiger partial charge in [-0.25, -0.2) is 4.68 Å². The van der Waals surface area contributed by atoms with E-state index < -0.39 is 5.60 Å². The van der Waals surface area contributed by atoms with Crippen LogP contribution in [0.2, 0.25) is 0 Å². The molecule has 0 saturated carbocycles. The third kappa shape index (κ3) is 3.27. The van der Waals surface area contributed by atoms with Crippen LogP contribution in [0.3, 0.4) is 0 Å². The van der Waals surface area contributed by atoms with Crippen molar-refractivity contribution < 1.29 is 9.90 Å². The van der Waals surface area contributed by atoms with Crippen LogP contribution in [0.4, 0.5) is 5.69 Å². The zero-order valence-electron chi connectivity index (χ0n) is 12.9. The van der Waals surface area contributed by atoms with Crippen LogP contribution in [0.1, 0.15) is 30.9 Å². The minimum absolute atomic E-state index is 0.0247. The van der Waals surface area contributed by atoms with E-state index in [1.807, 2.05) is 20.9 Å². The van der Waals surface area contributed by atoms with E-state index in [9.17, 15) is 9.90 Å². The van der Waals surface area contributed by atoms with Gasteiger partial charge in [-0.15, -0.1) is 5.10 Å². The van der Waals surface area contributed by atoms with Crippen LogP contribution < -0.4 is 5.32 Å². The summed E-state index contributed by atoms with van der Waals surface area (Å²) in [6, 6.07) is 0. The van der Waals surface area contributed by atoms with Crippen molar-refractivity contribution in [2.75, 3.05) is 5.32 Å². The minimum Gasteiger partial charge on any atom is -0.384 e. The maximum atomic E-state index is 12.1. The molecule has 0 aliphatic rings. The molecule has 2 aromatic heterocycles. The van der Waals surface area contributed by atoms with Crippen molar-refractivity contribution in [1.82, 2.24) is 24.8 Å². The van der Waals surface area contributed by atoms with E-state index in [1.54, 1.807) is 24.7 Å². The molecule has 0 atom stereocenters.